The van der Waals surface area contributed by atoms with Crippen LogP contribution in [0.2, 0.25) is 0 Å². The van der Waals surface area contributed by atoms with E-state index >= 15 is 0 Å². The predicted molar refractivity (Wildman–Crippen MR) is 76.6 cm³/mol. The molecule has 0 saturated carbocycles. The molecule has 2 aromatic rings. The molecule has 20 heavy (non-hydrogen) atoms. The van der Waals surface area contributed by atoms with E-state index in [1.54, 1.807) is 0 Å². The van der Waals surface area contributed by atoms with Crippen LogP contribution < -0.4 is 0 Å². The highest BCUT2D eigenvalue weighted by atomic mass is 16.5. The molecule has 4 rings (SSSR count). The van der Waals surface area contributed by atoms with Gasteiger partial charge in [-0.05, 0) is 49.4 Å². The number of aryl methyl sites for hydroxylation is 1. The number of nitrogens with zero attached hydrogens (tertiary/aromatic N) is 2. The van der Waals surface area contributed by atoms with Gasteiger partial charge in [0.25, 0.3) is 0 Å². The Morgan fingerprint density at radius 2 is 2.05 bits per heavy atom. The molecule has 2 atom stereocenters. The average molecular weight is 272 g/mol. The second-order valence-corrected chi connectivity index (χ2v) is 5.83. The lowest BCUT2D eigenvalue weighted by Crippen LogP contribution is -2.20. The molecular formula is C16H20N2O2. The van der Waals surface area contributed by atoms with Crippen LogP contribution in [0.15, 0.2) is 18.3 Å². The van der Waals surface area contributed by atoms with Crippen molar-refractivity contribution in [1.82, 2.24) is 9.78 Å². The van der Waals surface area contributed by atoms with E-state index in [0.29, 0.717) is 0 Å². The van der Waals surface area contributed by atoms with E-state index in [-0.39, 0.29) is 12.3 Å². The van der Waals surface area contributed by atoms with Gasteiger partial charge in [-0.3, -0.25) is 0 Å². The first kappa shape index (κ1) is 12.4. The molecule has 0 amide bonds. The number of aromatic nitrogens is 2. The summed E-state index contributed by atoms with van der Waals surface area (Å²) < 4.78 is 13.6. The van der Waals surface area contributed by atoms with Gasteiger partial charge in [-0.2, -0.15) is 5.10 Å². The number of hydrogen-bond donors (Lipinski definition) is 0. The van der Waals surface area contributed by atoms with Gasteiger partial charge in [0.05, 0.1) is 24.4 Å². The molecule has 2 unspecified atom stereocenters. The van der Waals surface area contributed by atoms with Crippen LogP contribution in [0.25, 0.3) is 10.9 Å². The lowest BCUT2D eigenvalue weighted by Gasteiger charge is -2.28. The zero-order chi connectivity index (χ0) is 13.5. The van der Waals surface area contributed by atoms with Crippen LogP contribution in [0, 0.1) is 6.92 Å². The standard InChI is InChI=1S/C16H20N2O2/c1-11-8-12-10-17-18(16-4-2-3-6-20-16)14(12)9-13(11)15-5-7-19-15/h8-10,15-16H,2-7H2,1H3. The lowest BCUT2D eigenvalue weighted by atomic mass is 9.97. The highest BCUT2D eigenvalue weighted by Gasteiger charge is 2.24. The van der Waals surface area contributed by atoms with Gasteiger partial charge >= 0.3 is 0 Å². The highest BCUT2D eigenvalue weighted by Crippen LogP contribution is 2.35. The molecule has 0 bridgehead atoms. The van der Waals surface area contributed by atoms with Crippen molar-refractivity contribution < 1.29 is 9.47 Å². The van der Waals surface area contributed by atoms with Crippen molar-refractivity contribution in [2.24, 2.45) is 0 Å². The van der Waals surface area contributed by atoms with E-state index in [4.69, 9.17) is 9.47 Å². The van der Waals surface area contributed by atoms with E-state index in [1.807, 2.05) is 6.20 Å². The molecule has 2 fully saturated rings. The van der Waals surface area contributed by atoms with E-state index in [2.05, 4.69) is 28.8 Å². The van der Waals surface area contributed by atoms with Crippen molar-refractivity contribution in [3.8, 4) is 0 Å². The van der Waals surface area contributed by atoms with Crippen LogP contribution in [0.3, 0.4) is 0 Å². The average Bonchev–Trinajstić information content (AvgIpc) is 2.81. The lowest BCUT2D eigenvalue weighted by molar-refractivity contribution is -0.0531. The molecule has 4 nitrogen and oxygen atoms in total. The van der Waals surface area contributed by atoms with Crippen molar-refractivity contribution in [3.05, 3.63) is 29.5 Å². The van der Waals surface area contributed by atoms with Crippen molar-refractivity contribution in [2.45, 2.75) is 44.9 Å². The predicted octanol–water partition coefficient (Wildman–Crippen LogP) is 3.51. The number of rotatable bonds is 2. The smallest absolute Gasteiger partial charge is 0.150 e. The molecule has 0 aliphatic carbocycles. The fourth-order valence-corrected chi connectivity index (χ4v) is 3.20. The number of benzene rings is 1. The summed E-state index contributed by atoms with van der Waals surface area (Å²) in [6, 6.07) is 4.47. The van der Waals surface area contributed by atoms with Gasteiger partial charge < -0.3 is 9.47 Å². The van der Waals surface area contributed by atoms with Gasteiger partial charge in [-0.1, -0.05) is 0 Å². The molecule has 0 spiro atoms. The van der Waals surface area contributed by atoms with E-state index in [1.165, 1.54) is 28.5 Å². The molecule has 2 aliphatic rings. The third kappa shape index (κ3) is 1.95. The Labute approximate surface area is 118 Å². The molecular weight excluding hydrogens is 252 g/mol. The van der Waals surface area contributed by atoms with Crippen LogP contribution in [0.1, 0.15) is 49.1 Å². The summed E-state index contributed by atoms with van der Waals surface area (Å²) in [7, 11) is 0. The van der Waals surface area contributed by atoms with E-state index < -0.39 is 0 Å². The molecule has 4 heteroatoms. The zero-order valence-electron chi connectivity index (χ0n) is 11.8. The van der Waals surface area contributed by atoms with Crippen LogP contribution in [0.4, 0.5) is 0 Å². The first-order valence-corrected chi connectivity index (χ1v) is 7.54. The van der Waals surface area contributed by atoms with Crippen LogP contribution in [-0.4, -0.2) is 23.0 Å². The highest BCUT2D eigenvalue weighted by molar-refractivity contribution is 5.80. The van der Waals surface area contributed by atoms with Gasteiger partial charge in [0.1, 0.15) is 0 Å². The number of hydrogen-bond acceptors (Lipinski definition) is 3. The first-order valence-electron chi connectivity index (χ1n) is 7.54. The zero-order valence-corrected chi connectivity index (χ0v) is 11.8. The first-order chi connectivity index (χ1) is 9.83. The molecule has 1 aromatic carbocycles. The summed E-state index contributed by atoms with van der Waals surface area (Å²) in [5.41, 5.74) is 3.78. The largest absolute Gasteiger partial charge is 0.373 e. The molecule has 2 saturated heterocycles. The summed E-state index contributed by atoms with van der Waals surface area (Å²) >= 11 is 0. The summed E-state index contributed by atoms with van der Waals surface area (Å²) in [4.78, 5) is 0. The Hall–Kier alpha value is -1.39. The summed E-state index contributed by atoms with van der Waals surface area (Å²) in [5.74, 6) is 0. The maximum absolute atomic E-state index is 5.87. The summed E-state index contributed by atoms with van der Waals surface area (Å²) in [6.45, 7) is 3.88. The van der Waals surface area contributed by atoms with E-state index in [9.17, 15) is 0 Å². The summed E-state index contributed by atoms with van der Waals surface area (Å²) in [5, 5.41) is 5.75. The number of ether oxygens (including phenoxy) is 2. The van der Waals surface area contributed by atoms with Crippen LogP contribution in [0.5, 0.6) is 0 Å². The Kier molecular flexibility index (Phi) is 3.00. The van der Waals surface area contributed by atoms with Gasteiger partial charge in [0.2, 0.25) is 0 Å². The van der Waals surface area contributed by atoms with Crippen molar-refractivity contribution in [2.75, 3.05) is 13.2 Å². The van der Waals surface area contributed by atoms with Crippen molar-refractivity contribution in [3.63, 3.8) is 0 Å². The second-order valence-electron chi connectivity index (χ2n) is 5.83. The Bertz CT molecular complexity index is 625. The van der Waals surface area contributed by atoms with Crippen molar-refractivity contribution >= 4 is 10.9 Å². The number of fused-ring (bicyclic) bond motifs is 1. The Morgan fingerprint density at radius 1 is 1.15 bits per heavy atom. The van der Waals surface area contributed by atoms with Crippen LogP contribution in [-0.2, 0) is 9.47 Å². The third-order valence-electron chi connectivity index (χ3n) is 4.46. The SMILES string of the molecule is Cc1cc2cnn(C3CCCCO3)c2cc1C1CCO1. The Balaban J connectivity index is 1.77. The van der Waals surface area contributed by atoms with Gasteiger partial charge in [-0.25, -0.2) is 4.68 Å². The third-order valence-corrected chi connectivity index (χ3v) is 4.46. The minimum absolute atomic E-state index is 0.0964. The van der Waals surface area contributed by atoms with E-state index in [0.717, 1.165) is 32.5 Å². The molecule has 2 aliphatic heterocycles. The van der Waals surface area contributed by atoms with Gasteiger partial charge in [0.15, 0.2) is 6.23 Å². The van der Waals surface area contributed by atoms with Crippen LogP contribution >= 0.6 is 0 Å². The minimum Gasteiger partial charge on any atom is -0.373 e. The fraction of sp³-hybridized carbons (Fsp3) is 0.562. The molecule has 106 valence electrons. The molecule has 0 radical (unpaired) electrons. The maximum Gasteiger partial charge on any atom is 0.150 e. The monoisotopic (exact) mass is 272 g/mol. The Morgan fingerprint density at radius 3 is 2.75 bits per heavy atom. The maximum atomic E-state index is 5.87. The van der Waals surface area contributed by atoms with Crippen molar-refractivity contribution in [1.29, 1.82) is 0 Å². The summed E-state index contributed by atoms with van der Waals surface area (Å²) in [6.07, 6.45) is 6.88. The fourth-order valence-electron chi connectivity index (χ4n) is 3.20. The normalized spacial score (nSPS) is 26.6. The molecule has 1 aromatic heterocycles. The van der Waals surface area contributed by atoms with Gasteiger partial charge in [-0.15, -0.1) is 0 Å². The molecule has 0 N–H and O–H groups in total. The topological polar surface area (TPSA) is 36.3 Å². The molecule has 3 heterocycles. The quantitative estimate of drug-likeness (QED) is 0.839. The second kappa shape index (κ2) is 4.86. The van der Waals surface area contributed by atoms with Gasteiger partial charge in [0, 0.05) is 18.4 Å². The minimum atomic E-state index is 0.0964.